The number of pyridine rings is 1. The lowest BCUT2D eigenvalue weighted by Crippen LogP contribution is -2.42. The molecule has 5 heteroatoms. The first kappa shape index (κ1) is 21.1. The summed E-state index contributed by atoms with van der Waals surface area (Å²) < 4.78 is 15.2. The second-order valence-corrected chi connectivity index (χ2v) is 8.66. The highest BCUT2D eigenvalue weighted by atomic mass is 19.1. The molecule has 4 nitrogen and oxygen atoms in total. The Hall–Kier alpha value is -3.73. The molecule has 1 saturated heterocycles. The molecule has 3 heterocycles. The van der Waals surface area contributed by atoms with Crippen LogP contribution in [0.25, 0.3) is 16.6 Å². The van der Waals surface area contributed by atoms with Gasteiger partial charge in [0.1, 0.15) is 11.5 Å². The van der Waals surface area contributed by atoms with Gasteiger partial charge in [0.15, 0.2) is 0 Å². The van der Waals surface area contributed by atoms with Crippen LogP contribution in [0.2, 0.25) is 0 Å². The minimum absolute atomic E-state index is 0.327. The third kappa shape index (κ3) is 4.31. The van der Waals surface area contributed by atoms with Crippen molar-refractivity contribution in [1.82, 2.24) is 9.30 Å². The molecule has 0 radical (unpaired) electrons. The van der Waals surface area contributed by atoms with E-state index in [1.807, 2.05) is 42.5 Å². The first-order chi connectivity index (χ1) is 16.1. The van der Waals surface area contributed by atoms with E-state index in [1.54, 1.807) is 27.6 Å². The Morgan fingerprint density at radius 3 is 2.30 bits per heavy atom. The van der Waals surface area contributed by atoms with Crippen molar-refractivity contribution < 1.29 is 14.0 Å². The topological polar surface area (TPSA) is 41.8 Å². The average molecular weight is 441 g/mol. The molecule has 33 heavy (non-hydrogen) atoms. The summed E-state index contributed by atoms with van der Waals surface area (Å²) in [5.74, 6) is -0.831. The van der Waals surface area contributed by atoms with E-state index in [9.17, 15) is 14.0 Å². The number of carbonyl (C=O) groups is 2. The van der Waals surface area contributed by atoms with Gasteiger partial charge in [0.2, 0.25) is 0 Å². The zero-order valence-electron chi connectivity index (χ0n) is 18.3. The number of amides is 1. The van der Waals surface area contributed by atoms with E-state index in [2.05, 4.69) is 12.1 Å². The molecule has 0 saturated carbocycles. The van der Waals surface area contributed by atoms with Gasteiger partial charge in [-0.2, -0.15) is 0 Å². The number of hydrogen-bond acceptors (Lipinski definition) is 2. The van der Waals surface area contributed by atoms with E-state index in [0.717, 1.165) is 24.8 Å². The molecule has 0 N–H and O–H groups in total. The standard InChI is InChI=1S/C28H25FN2O2/c29-23-11-9-22(10-12-23)25-19-24-8-4-5-15-31(24)26(25)27(32)28(33)30-16-13-21(14-17-30)18-20-6-2-1-3-7-20/h1-12,15,19,21H,13-14,16-18H2. The zero-order chi connectivity index (χ0) is 22.8. The van der Waals surface area contributed by atoms with Crippen molar-refractivity contribution in [1.29, 1.82) is 0 Å². The minimum atomic E-state index is -0.526. The summed E-state index contributed by atoms with van der Waals surface area (Å²) in [7, 11) is 0. The van der Waals surface area contributed by atoms with Crippen molar-refractivity contribution in [2.24, 2.45) is 5.92 Å². The fraction of sp³-hybridized carbons (Fsp3) is 0.214. The lowest BCUT2D eigenvalue weighted by molar-refractivity contribution is -0.127. The number of benzene rings is 2. The Morgan fingerprint density at radius 2 is 1.58 bits per heavy atom. The van der Waals surface area contributed by atoms with Crippen LogP contribution in [-0.2, 0) is 11.2 Å². The van der Waals surface area contributed by atoms with Crippen LogP contribution in [0, 0.1) is 11.7 Å². The number of carbonyl (C=O) groups excluding carboxylic acids is 2. The second-order valence-electron chi connectivity index (χ2n) is 8.66. The first-order valence-electron chi connectivity index (χ1n) is 11.3. The number of piperidine rings is 1. The molecule has 0 bridgehead atoms. The Kier molecular flexibility index (Phi) is 5.78. The molecule has 1 fully saturated rings. The highest BCUT2D eigenvalue weighted by Crippen LogP contribution is 2.30. The molecular weight excluding hydrogens is 415 g/mol. The highest BCUT2D eigenvalue weighted by Gasteiger charge is 2.31. The maximum Gasteiger partial charge on any atom is 0.296 e. The number of likely N-dealkylation sites (tertiary alicyclic amines) is 1. The number of hydrogen-bond donors (Lipinski definition) is 0. The number of Topliss-reactive ketones (excluding diaryl/α,β-unsaturated/α-hetero) is 1. The minimum Gasteiger partial charge on any atom is -0.336 e. The Balaban J connectivity index is 1.37. The molecule has 1 aliphatic rings. The summed E-state index contributed by atoms with van der Waals surface area (Å²) in [6, 6.07) is 23.9. The van der Waals surface area contributed by atoms with Crippen molar-refractivity contribution in [3.63, 3.8) is 0 Å². The van der Waals surface area contributed by atoms with E-state index in [4.69, 9.17) is 0 Å². The van der Waals surface area contributed by atoms with Gasteiger partial charge in [-0.05, 0) is 66.6 Å². The van der Waals surface area contributed by atoms with Gasteiger partial charge in [-0.25, -0.2) is 4.39 Å². The lowest BCUT2D eigenvalue weighted by Gasteiger charge is -2.31. The van der Waals surface area contributed by atoms with Gasteiger partial charge in [0, 0.05) is 30.4 Å². The van der Waals surface area contributed by atoms with Gasteiger partial charge in [0.25, 0.3) is 11.7 Å². The van der Waals surface area contributed by atoms with Gasteiger partial charge >= 0.3 is 0 Å². The summed E-state index contributed by atoms with van der Waals surface area (Å²) in [4.78, 5) is 28.4. The van der Waals surface area contributed by atoms with Crippen LogP contribution < -0.4 is 0 Å². The highest BCUT2D eigenvalue weighted by molar-refractivity contribution is 6.43. The third-order valence-electron chi connectivity index (χ3n) is 6.51. The second kappa shape index (κ2) is 9.02. The van der Waals surface area contributed by atoms with E-state index < -0.39 is 11.7 Å². The maximum atomic E-state index is 13.5. The van der Waals surface area contributed by atoms with Crippen LogP contribution in [0.4, 0.5) is 4.39 Å². The number of nitrogens with zero attached hydrogens (tertiary/aromatic N) is 2. The third-order valence-corrected chi connectivity index (χ3v) is 6.51. The fourth-order valence-corrected chi connectivity index (χ4v) is 4.74. The van der Waals surface area contributed by atoms with Crippen LogP contribution in [0.1, 0.15) is 28.9 Å². The molecule has 1 amide bonds. The quantitative estimate of drug-likeness (QED) is 0.308. The van der Waals surface area contributed by atoms with E-state index in [-0.39, 0.29) is 5.82 Å². The van der Waals surface area contributed by atoms with E-state index in [1.165, 1.54) is 17.7 Å². The van der Waals surface area contributed by atoms with Crippen molar-refractivity contribution >= 4 is 17.2 Å². The van der Waals surface area contributed by atoms with Crippen molar-refractivity contribution in [3.05, 3.63) is 102 Å². The predicted molar refractivity (Wildman–Crippen MR) is 127 cm³/mol. The Labute approximate surface area is 192 Å². The normalized spacial score (nSPS) is 14.5. The fourth-order valence-electron chi connectivity index (χ4n) is 4.74. The molecule has 2 aromatic heterocycles. The Morgan fingerprint density at radius 1 is 0.879 bits per heavy atom. The molecule has 0 aliphatic carbocycles. The molecule has 5 rings (SSSR count). The largest absolute Gasteiger partial charge is 0.336 e. The molecule has 166 valence electrons. The van der Waals surface area contributed by atoms with Crippen LogP contribution in [0.15, 0.2) is 85.1 Å². The van der Waals surface area contributed by atoms with Gasteiger partial charge in [-0.1, -0.05) is 48.5 Å². The summed E-state index contributed by atoms with van der Waals surface area (Å²) in [6.07, 6.45) is 4.55. The smallest absolute Gasteiger partial charge is 0.296 e. The molecular formula is C28H25FN2O2. The van der Waals surface area contributed by atoms with E-state index in [0.29, 0.717) is 35.8 Å². The number of rotatable bonds is 5. The van der Waals surface area contributed by atoms with Gasteiger partial charge < -0.3 is 9.30 Å². The van der Waals surface area contributed by atoms with Crippen molar-refractivity contribution in [2.45, 2.75) is 19.3 Å². The molecule has 4 aromatic rings. The van der Waals surface area contributed by atoms with Gasteiger partial charge in [0.05, 0.1) is 0 Å². The molecule has 0 unspecified atom stereocenters. The summed E-state index contributed by atoms with van der Waals surface area (Å²) in [5, 5.41) is 0. The molecule has 1 aliphatic heterocycles. The molecule has 2 aromatic carbocycles. The number of aromatic nitrogens is 1. The lowest BCUT2D eigenvalue weighted by atomic mass is 9.90. The van der Waals surface area contributed by atoms with Crippen LogP contribution in [-0.4, -0.2) is 34.1 Å². The SMILES string of the molecule is O=C(C(=O)N1CCC(Cc2ccccc2)CC1)c1c(-c2ccc(F)cc2)cc2ccccn12. The zero-order valence-corrected chi connectivity index (χ0v) is 18.3. The number of ketones is 1. The first-order valence-corrected chi connectivity index (χ1v) is 11.3. The summed E-state index contributed by atoms with van der Waals surface area (Å²) >= 11 is 0. The molecule has 0 atom stereocenters. The predicted octanol–water partition coefficient (Wildman–Crippen LogP) is 5.41. The number of fused-ring (bicyclic) bond motifs is 1. The van der Waals surface area contributed by atoms with Crippen LogP contribution in [0.3, 0.4) is 0 Å². The summed E-state index contributed by atoms with van der Waals surface area (Å²) in [6.45, 7) is 1.16. The Bertz CT molecular complexity index is 1290. The van der Waals surface area contributed by atoms with Crippen LogP contribution in [0.5, 0.6) is 0 Å². The summed E-state index contributed by atoms with van der Waals surface area (Å²) in [5.41, 5.74) is 3.79. The maximum absolute atomic E-state index is 13.5. The van der Waals surface area contributed by atoms with E-state index >= 15 is 0 Å². The van der Waals surface area contributed by atoms with Gasteiger partial charge in [-0.15, -0.1) is 0 Å². The van der Waals surface area contributed by atoms with Crippen molar-refractivity contribution in [3.8, 4) is 11.1 Å². The monoisotopic (exact) mass is 440 g/mol. The van der Waals surface area contributed by atoms with Crippen LogP contribution >= 0.6 is 0 Å². The molecule has 0 spiro atoms. The van der Waals surface area contributed by atoms with Crippen molar-refractivity contribution in [2.75, 3.05) is 13.1 Å². The van der Waals surface area contributed by atoms with Gasteiger partial charge in [-0.3, -0.25) is 9.59 Å². The average Bonchev–Trinajstić information content (AvgIpc) is 3.24. The number of halogens is 1.